The Morgan fingerprint density at radius 1 is 1.08 bits per heavy atom. The van der Waals surface area contributed by atoms with Crippen LogP contribution in [0.25, 0.3) is 0 Å². The molecule has 9 rings (SSSR count). The number of Topliss-reactive ketones (excluding diaryl/α,β-unsaturated/α-hetero) is 1. The number of fused-ring (bicyclic) bond motifs is 2. The highest BCUT2D eigenvalue weighted by Gasteiger charge is 2.84. The zero-order valence-corrected chi connectivity index (χ0v) is 23.5. The number of ether oxygens (including phenoxy) is 4. The highest BCUT2D eigenvalue weighted by Crippen LogP contribution is 2.79. The first-order chi connectivity index (χ1) is 18.9. The Labute approximate surface area is 230 Å². The number of carbonyl (C=O) groups excluding carboxylic acids is 1. The monoisotopic (exact) mass is 529 g/mol. The third kappa shape index (κ3) is 2.69. The predicted octanol–water partition coefficient (Wildman–Crippen LogP) is 5.20. The molecule has 0 aromatic heterocycles. The van der Waals surface area contributed by atoms with Crippen molar-refractivity contribution in [2.75, 3.05) is 34.4 Å². The van der Waals surface area contributed by atoms with E-state index in [9.17, 15) is 4.79 Å². The number of hydrogen-bond acceptors (Lipinski definition) is 6. The molecule has 2 spiro atoms. The first-order valence-electron chi connectivity index (χ1n) is 14.7. The predicted molar refractivity (Wildman–Crippen MR) is 147 cm³/mol. The van der Waals surface area contributed by atoms with E-state index in [-0.39, 0.29) is 22.7 Å². The molecule has 39 heavy (non-hydrogen) atoms. The molecule has 2 aromatic rings. The Kier molecular flexibility index (Phi) is 4.84. The summed E-state index contributed by atoms with van der Waals surface area (Å²) in [4.78, 5) is 17.6. The number of hydrogen-bond donors (Lipinski definition) is 0. The van der Waals surface area contributed by atoms with Crippen molar-refractivity contribution in [1.29, 1.82) is 0 Å². The summed E-state index contributed by atoms with van der Waals surface area (Å²) in [5, 5.41) is 0. The maximum atomic E-state index is 14.8. The molecule has 6 heteroatoms. The van der Waals surface area contributed by atoms with Gasteiger partial charge in [-0.3, -0.25) is 9.69 Å². The van der Waals surface area contributed by atoms with Crippen LogP contribution in [-0.2, 0) is 16.6 Å². The fourth-order valence-electron chi connectivity index (χ4n) is 10.3. The van der Waals surface area contributed by atoms with Gasteiger partial charge in [0.2, 0.25) is 0 Å². The second-order valence-corrected chi connectivity index (χ2v) is 13.3. The first kappa shape index (κ1) is 24.2. The summed E-state index contributed by atoms with van der Waals surface area (Å²) >= 11 is 0. The lowest BCUT2D eigenvalue weighted by Gasteiger charge is -2.76. The van der Waals surface area contributed by atoms with Gasteiger partial charge >= 0.3 is 0 Å². The highest BCUT2D eigenvalue weighted by molar-refractivity contribution is 6.02. The van der Waals surface area contributed by atoms with E-state index in [0.717, 1.165) is 56.1 Å². The van der Waals surface area contributed by atoms with Crippen LogP contribution in [0.4, 0.5) is 0 Å². The van der Waals surface area contributed by atoms with Crippen LogP contribution in [0.15, 0.2) is 36.4 Å². The van der Waals surface area contributed by atoms with Crippen molar-refractivity contribution in [3.63, 3.8) is 0 Å². The van der Waals surface area contributed by atoms with Crippen LogP contribution in [0.2, 0.25) is 0 Å². The van der Waals surface area contributed by atoms with Crippen molar-refractivity contribution in [2.45, 2.75) is 75.0 Å². The number of piperidine rings is 1. The minimum atomic E-state index is -0.742. The summed E-state index contributed by atoms with van der Waals surface area (Å²) in [7, 11) is 5.19. The van der Waals surface area contributed by atoms with Crippen molar-refractivity contribution >= 4 is 5.78 Å². The lowest BCUT2D eigenvalue weighted by Crippen LogP contribution is -2.84. The van der Waals surface area contributed by atoms with E-state index in [0.29, 0.717) is 17.4 Å². The SMILES string of the molecule is COc1cccc(C(=O)[C@@]2(C)C[C@@]34CC[C@]2(OC)[C@@H]2Oc5c(OC)ccc6c5[C@@]23CCN(CC2CC2)[C@@H]4C6)c1. The number of nitrogens with zero attached hydrogens (tertiary/aromatic N) is 1. The minimum absolute atomic E-state index is 0.0566. The molecule has 2 aromatic carbocycles. The van der Waals surface area contributed by atoms with Crippen LogP contribution >= 0.6 is 0 Å². The Morgan fingerprint density at radius 3 is 2.67 bits per heavy atom. The standard InChI is InChI=1S/C33H39NO5/c1-30(28(35)22-6-5-7-23(16-22)36-2)19-31-12-13-33(30,38-4)29-32(31)14-15-34(18-20-8-9-20)25(31)17-21-10-11-24(37-3)27(39-29)26(21)32/h5-7,10-11,16,20,25,29H,8-9,12-15,17-19H2,1-4H3/t25-,29-,30-,31-,32+,33+/m1/s1. The number of likely N-dealkylation sites (tertiary alicyclic amines) is 1. The lowest BCUT2D eigenvalue weighted by molar-refractivity contribution is -0.292. The highest BCUT2D eigenvalue weighted by atomic mass is 16.6. The molecule has 0 amide bonds. The van der Waals surface area contributed by atoms with Crippen LogP contribution in [0.1, 0.15) is 66.9 Å². The van der Waals surface area contributed by atoms with Crippen LogP contribution in [0.5, 0.6) is 17.2 Å². The normalized spacial score (nSPS) is 39.2. The number of methoxy groups -OCH3 is 3. The van der Waals surface area contributed by atoms with E-state index in [4.69, 9.17) is 18.9 Å². The molecule has 206 valence electrons. The average Bonchev–Trinajstić information content (AvgIpc) is 3.71. The van der Waals surface area contributed by atoms with Crippen molar-refractivity contribution in [1.82, 2.24) is 4.90 Å². The van der Waals surface area contributed by atoms with Gasteiger partial charge in [-0.05, 0) is 88.1 Å². The Morgan fingerprint density at radius 2 is 1.92 bits per heavy atom. The lowest BCUT2D eigenvalue weighted by atomic mass is 9.31. The summed E-state index contributed by atoms with van der Waals surface area (Å²) in [5.74, 6) is 3.38. The van der Waals surface area contributed by atoms with E-state index in [1.807, 2.05) is 24.3 Å². The molecule has 5 fully saturated rings. The maximum Gasteiger partial charge on any atom is 0.171 e. The fraction of sp³-hybridized carbons (Fsp3) is 0.606. The zero-order valence-electron chi connectivity index (χ0n) is 23.5. The molecule has 2 aliphatic heterocycles. The van der Waals surface area contributed by atoms with Crippen molar-refractivity contribution in [3.05, 3.63) is 53.1 Å². The van der Waals surface area contributed by atoms with Gasteiger partial charge in [0, 0.05) is 41.7 Å². The summed E-state index contributed by atoms with van der Waals surface area (Å²) in [6, 6.07) is 12.4. The van der Waals surface area contributed by atoms with Gasteiger partial charge in [0.1, 0.15) is 17.5 Å². The molecular weight excluding hydrogens is 490 g/mol. The van der Waals surface area contributed by atoms with Gasteiger partial charge in [-0.25, -0.2) is 0 Å². The van der Waals surface area contributed by atoms with E-state index in [1.54, 1.807) is 21.3 Å². The molecule has 6 atom stereocenters. The molecule has 4 saturated carbocycles. The average molecular weight is 530 g/mol. The summed E-state index contributed by atoms with van der Waals surface area (Å²) in [5.41, 5.74) is 1.76. The minimum Gasteiger partial charge on any atom is -0.497 e. The number of ketones is 1. The number of carbonyl (C=O) groups is 1. The smallest absolute Gasteiger partial charge is 0.171 e. The van der Waals surface area contributed by atoms with Crippen molar-refractivity contribution in [3.8, 4) is 17.2 Å². The largest absolute Gasteiger partial charge is 0.497 e. The second kappa shape index (κ2) is 7.79. The third-order valence-corrected chi connectivity index (χ3v) is 12.1. The van der Waals surface area contributed by atoms with E-state index in [2.05, 4.69) is 24.0 Å². The van der Waals surface area contributed by atoms with Crippen LogP contribution in [0.3, 0.4) is 0 Å². The molecule has 4 bridgehead atoms. The van der Waals surface area contributed by atoms with E-state index < -0.39 is 11.0 Å². The molecule has 6 nitrogen and oxygen atoms in total. The number of rotatable bonds is 7. The molecule has 1 saturated heterocycles. The summed E-state index contributed by atoms with van der Waals surface area (Å²) in [6.45, 7) is 4.44. The van der Waals surface area contributed by atoms with Gasteiger partial charge < -0.3 is 18.9 Å². The molecule has 7 aliphatic rings. The van der Waals surface area contributed by atoms with Gasteiger partial charge in [-0.1, -0.05) is 18.2 Å². The van der Waals surface area contributed by atoms with Gasteiger partial charge in [0.15, 0.2) is 17.3 Å². The zero-order chi connectivity index (χ0) is 26.8. The molecule has 2 heterocycles. The van der Waals surface area contributed by atoms with E-state index in [1.165, 1.54) is 30.5 Å². The van der Waals surface area contributed by atoms with Gasteiger partial charge in [0.05, 0.1) is 19.6 Å². The molecule has 0 N–H and O–H groups in total. The van der Waals surface area contributed by atoms with Crippen molar-refractivity contribution in [2.24, 2.45) is 16.7 Å². The van der Waals surface area contributed by atoms with Crippen LogP contribution in [-0.4, -0.2) is 62.8 Å². The van der Waals surface area contributed by atoms with E-state index >= 15 is 0 Å². The first-order valence-corrected chi connectivity index (χ1v) is 14.7. The fourth-order valence-corrected chi connectivity index (χ4v) is 10.3. The Balaban J connectivity index is 1.35. The van der Waals surface area contributed by atoms with Crippen LogP contribution < -0.4 is 14.2 Å². The van der Waals surface area contributed by atoms with Gasteiger partial charge in [-0.15, -0.1) is 0 Å². The molecule has 5 aliphatic carbocycles. The number of benzene rings is 2. The van der Waals surface area contributed by atoms with Gasteiger partial charge in [-0.2, -0.15) is 0 Å². The quantitative estimate of drug-likeness (QED) is 0.460. The maximum absolute atomic E-state index is 14.8. The summed E-state index contributed by atoms with van der Waals surface area (Å²) in [6.07, 6.45) is 7.22. The summed E-state index contributed by atoms with van der Waals surface area (Å²) < 4.78 is 25.2. The second-order valence-electron chi connectivity index (χ2n) is 13.3. The molecular formula is C33H39NO5. The third-order valence-electron chi connectivity index (χ3n) is 12.1. The van der Waals surface area contributed by atoms with Crippen molar-refractivity contribution < 1.29 is 23.7 Å². The van der Waals surface area contributed by atoms with Crippen LogP contribution in [0, 0.1) is 16.7 Å². The molecule has 0 unspecified atom stereocenters. The van der Waals surface area contributed by atoms with Gasteiger partial charge in [0.25, 0.3) is 0 Å². The Hall–Kier alpha value is -2.57. The topological polar surface area (TPSA) is 57.2 Å². The molecule has 0 radical (unpaired) electrons. The Bertz CT molecular complexity index is 1390.